The molecule has 9 heteroatoms. The van der Waals surface area contributed by atoms with Gasteiger partial charge >= 0.3 is 0 Å². The molecular weight excluding hydrogens is 432 g/mol. The summed E-state index contributed by atoms with van der Waals surface area (Å²) in [6, 6.07) is 15.5. The van der Waals surface area contributed by atoms with Crippen LogP contribution < -0.4 is 16.4 Å². The molecule has 0 fully saturated rings. The summed E-state index contributed by atoms with van der Waals surface area (Å²) in [5.74, 6) is -1.02. The van der Waals surface area contributed by atoms with Crippen LogP contribution in [0, 0.1) is 0 Å². The minimum absolute atomic E-state index is 0.0643. The van der Waals surface area contributed by atoms with Crippen LogP contribution in [0.3, 0.4) is 0 Å². The van der Waals surface area contributed by atoms with E-state index < -0.39 is 11.9 Å². The molecule has 4 N–H and O–H groups in total. The van der Waals surface area contributed by atoms with Gasteiger partial charge in [0.1, 0.15) is 6.04 Å². The van der Waals surface area contributed by atoms with Crippen LogP contribution in [0.15, 0.2) is 60.8 Å². The Kier molecular flexibility index (Phi) is 11.2. The van der Waals surface area contributed by atoms with Crippen LogP contribution in [-0.2, 0) is 16.0 Å². The van der Waals surface area contributed by atoms with Crippen LogP contribution in [0.25, 0.3) is 0 Å². The second-order valence-electron chi connectivity index (χ2n) is 8.19. The molecule has 0 radical (unpaired) electrons. The number of hydrogen-bond acceptors (Lipinski definition) is 5. The number of hydrogen-bond donors (Lipinski definition) is 3. The molecular formula is C25H34N6O3. The van der Waals surface area contributed by atoms with Gasteiger partial charge in [0.2, 0.25) is 11.8 Å². The summed E-state index contributed by atoms with van der Waals surface area (Å²) >= 11 is 0. The minimum Gasteiger partial charge on any atom is -0.368 e. The van der Waals surface area contributed by atoms with E-state index in [-0.39, 0.29) is 17.9 Å². The van der Waals surface area contributed by atoms with E-state index in [1.54, 1.807) is 28.9 Å². The molecule has 1 aromatic heterocycles. The first kappa shape index (κ1) is 26.5. The molecule has 0 aliphatic rings. The molecule has 0 saturated heterocycles. The molecule has 1 atom stereocenters. The van der Waals surface area contributed by atoms with E-state index in [1.807, 2.05) is 50.4 Å². The van der Waals surface area contributed by atoms with Crippen molar-refractivity contribution >= 4 is 17.7 Å². The number of aromatic nitrogens is 3. The summed E-state index contributed by atoms with van der Waals surface area (Å²) in [7, 11) is 0. The second-order valence-corrected chi connectivity index (χ2v) is 8.19. The van der Waals surface area contributed by atoms with Crippen molar-refractivity contribution in [2.45, 2.75) is 58.0 Å². The summed E-state index contributed by atoms with van der Waals surface area (Å²) in [6.07, 6.45) is 4.39. The van der Waals surface area contributed by atoms with E-state index in [1.165, 1.54) is 0 Å². The van der Waals surface area contributed by atoms with Gasteiger partial charge in [0, 0.05) is 37.2 Å². The third-order valence-corrected chi connectivity index (χ3v) is 5.07. The predicted octanol–water partition coefficient (Wildman–Crippen LogP) is 2.49. The number of primary amides is 1. The topological polar surface area (TPSA) is 132 Å². The van der Waals surface area contributed by atoms with Crippen LogP contribution in [0.5, 0.6) is 0 Å². The Morgan fingerprint density at radius 3 is 2.24 bits per heavy atom. The largest absolute Gasteiger partial charge is 0.368 e. The Bertz CT molecular complexity index is 978. The highest BCUT2D eigenvalue weighted by molar-refractivity contribution is 5.97. The summed E-state index contributed by atoms with van der Waals surface area (Å²) in [5, 5.41) is 13.7. The highest BCUT2D eigenvalue weighted by Crippen LogP contribution is 2.06. The van der Waals surface area contributed by atoms with E-state index in [4.69, 9.17) is 5.73 Å². The summed E-state index contributed by atoms with van der Waals surface area (Å²) in [4.78, 5) is 36.5. The van der Waals surface area contributed by atoms with Gasteiger partial charge < -0.3 is 16.4 Å². The van der Waals surface area contributed by atoms with Gasteiger partial charge in [0.25, 0.3) is 5.91 Å². The summed E-state index contributed by atoms with van der Waals surface area (Å²) in [5.41, 5.74) is 6.69. The molecule has 0 bridgehead atoms. The van der Waals surface area contributed by atoms with Gasteiger partial charge in [-0.15, -0.1) is 5.10 Å². The van der Waals surface area contributed by atoms with Gasteiger partial charge in [-0.3, -0.25) is 14.4 Å². The zero-order valence-electron chi connectivity index (χ0n) is 19.8. The first-order valence-electron chi connectivity index (χ1n) is 11.5. The lowest BCUT2D eigenvalue weighted by Gasteiger charge is -2.15. The molecule has 9 nitrogen and oxygen atoms in total. The molecule has 182 valence electrons. The van der Waals surface area contributed by atoms with Crippen molar-refractivity contribution in [2.75, 3.05) is 6.54 Å². The van der Waals surface area contributed by atoms with Crippen LogP contribution in [0.2, 0.25) is 0 Å². The normalized spacial score (nSPS) is 11.4. The molecule has 3 amide bonds. The second kappa shape index (κ2) is 14.4. The molecule has 0 saturated carbocycles. The first-order valence-corrected chi connectivity index (χ1v) is 11.5. The van der Waals surface area contributed by atoms with E-state index in [0.29, 0.717) is 44.2 Å². The Morgan fingerprint density at radius 2 is 1.65 bits per heavy atom. The number of nitrogens with two attached hydrogens (primary N) is 1. The molecule has 34 heavy (non-hydrogen) atoms. The van der Waals surface area contributed by atoms with Crippen LogP contribution >= 0.6 is 0 Å². The average Bonchev–Trinajstić information content (AvgIpc) is 3.29. The number of aryl methyl sites for hydroxylation is 1. The minimum atomic E-state index is -0.782. The molecule has 0 unspecified atom stereocenters. The SMILES string of the molecule is CC(C)n1cc(CCC(=O)NCCCC[C@H](NC(=O)c2ccccccccc2)C(N)=O)nn1. The summed E-state index contributed by atoms with van der Waals surface area (Å²) < 4.78 is 1.76. The Balaban J connectivity index is 1.73. The van der Waals surface area contributed by atoms with Crippen LogP contribution in [-0.4, -0.2) is 45.3 Å². The standard InChI is InChI=1S/C25H34N6O3/c1-19(2)31-18-21(29-30-31)15-16-23(32)27-17-11-10-14-22(24(26)33)28-25(34)20-12-8-6-4-3-5-7-9-13-20/h3-9,12-13,18-19,22H,10-11,14-17H2,1-2H3,(H2,26,33)(H,27,32)(H,28,34)/t22-/m0/s1. The molecule has 0 spiro atoms. The maximum absolute atomic E-state index is 12.6. The van der Waals surface area contributed by atoms with Gasteiger partial charge in [-0.1, -0.05) is 47.7 Å². The number of carbonyl (C=O) groups is 3. The number of amides is 3. The van der Waals surface area contributed by atoms with Crippen LogP contribution in [0.4, 0.5) is 0 Å². The molecule has 0 aliphatic heterocycles. The Labute approximate surface area is 200 Å². The maximum Gasteiger partial charge on any atom is 0.251 e. The summed E-state index contributed by atoms with van der Waals surface area (Å²) in [6.45, 7) is 4.51. The first-order chi connectivity index (χ1) is 16.4. The van der Waals surface area contributed by atoms with E-state index in [2.05, 4.69) is 20.9 Å². The molecule has 0 aliphatic carbocycles. The van der Waals surface area contributed by atoms with Gasteiger partial charge in [-0.05, 0) is 45.2 Å². The quantitative estimate of drug-likeness (QED) is 0.414. The fourth-order valence-electron chi connectivity index (χ4n) is 3.08. The third kappa shape index (κ3) is 9.81. The zero-order chi connectivity index (χ0) is 24.8. The number of carbonyl (C=O) groups excluding carboxylic acids is 3. The van der Waals surface area contributed by atoms with Crippen molar-refractivity contribution in [1.29, 1.82) is 0 Å². The predicted molar refractivity (Wildman–Crippen MR) is 130 cm³/mol. The lowest BCUT2D eigenvalue weighted by Crippen LogP contribution is -2.44. The van der Waals surface area contributed by atoms with E-state index in [0.717, 1.165) is 5.69 Å². The number of rotatable bonds is 12. The number of nitrogens with one attached hydrogen (secondary N) is 2. The molecule has 1 heterocycles. The van der Waals surface area contributed by atoms with Crippen molar-refractivity contribution in [3.63, 3.8) is 0 Å². The van der Waals surface area contributed by atoms with Crippen molar-refractivity contribution in [2.24, 2.45) is 5.73 Å². The molecule has 2 rings (SSSR count). The van der Waals surface area contributed by atoms with Crippen molar-refractivity contribution in [3.05, 3.63) is 72.1 Å². The van der Waals surface area contributed by atoms with Crippen LogP contribution in [0.1, 0.15) is 61.6 Å². The van der Waals surface area contributed by atoms with E-state index in [9.17, 15) is 14.4 Å². The molecule has 1 aromatic carbocycles. The number of unbranched alkanes of at least 4 members (excludes halogenated alkanes) is 1. The van der Waals surface area contributed by atoms with Gasteiger partial charge in [0.15, 0.2) is 0 Å². The molecule has 2 aromatic rings. The smallest absolute Gasteiger partial charge is 0.251 e. The highest BCUT2D eigenvalue weighted by atomic mass is 16.2. The van der Waals surface area contributed by atoms with Gasteiger partial charge in [-0.25, -0.2) is 4.68 Å². The average molecular weight is 467 g/mol. The van der Waals surface area contributed by atoms with E-state index >= 15 is 0 Å². The van der Waals surface area contributed by atoms with Crippen molar-refractivity contribution in [1.82, 2.24) is 25.6 Å². The fraction of sp³-hybridized carbons (Fsp3) is 0.400. The zero-order valence-corrected chi connectivity index (χ0v) is 19.8. The number of nitrogens with zero attached hydrogens (tertiary/aromatic N) is 3. The lowest BCUT2D eigenvalue weighted by molar-refractivity contribution is -0.121. The Hall–Kier alpha value is -3.75. The fourth-order valence-corrected chi connectivity index (χ4v) is 3.08. The van der Waals surface area contributed by atoms with Crippen molar-refractivity contribution < 1.29 is 14.4 Å². The van der Waals surface area contributed by atoms with Gasteiger partial charge in [0.05, 0.1) is 5.69 Å². The highest BCUT2D eigenvalue weighted by Gasteiger charge is 2.18. The Morgan fingerprint density at radius 1 is 1.00 bits per heavy atom. The van der Waals surface area contributed by atoms with Crippen molar-refractivity contribution in [3.8, 4) is 0 Å². The monoisotopic (exact) mass is 466 g/mol. The maximum atomic E-state index is 12.6. The third-order valence-electron chi connectivity index (χ3n) is 5.07. The lowest BCUT2D eigenvalue weighted by atomic mass is 10.1. The van der Waals surface area contributed by atoms with Gasteiger partial charge in [-0.2, -0.15) is 0 Å².